The molecule has 0 aromatic heterocycles. The Kier molecular flexibility index (Phi) is 6.44. The monoisotopic (exact) mass is 410 g/mol. The molecule has 0 radical (unpaired) electrons. The third-order valence-electron chi connectivity index (χ3n) is 6.36. The first-order valence-electron chi connectivity index (χ1n) is 10.9. The number of hydrogen-bond acceptors (Lipinski definition) is 6. The van der Waals surface area contributed by atoms with Crippen LogP contribution in [0.3, 0.4) is 0 Å². The van der Waals surface area contributed by atoms with E-state index in [4.69, 9.17) is 9.47 Å². The van der Waals surface area contributed by atoms with Crippen molar-refractivity contribution in [3.63, 3.8) is 0 Å². The van der Waals surface area contributed by atoms with Crippen molar-refractivity contribution in [1.29, 1.82) is 5.26 Å². The molecule has 0 atom stereocenters. The maximum Gasteiger partial charge on any atom is 0.265 e. The zero-order valence-electron chi connectivity index (χ0n) is 17.7. The Hall–Kier alpha value is -2.72. The summed E-state index contributed by atoms with van der Waals surface area (Å²) in [5.74, 6) is 1.47. The zero-order chi connectivity index (χ0) is 20.9. The van der Waals surface area contributed by atoms with Gasteiger partial charge in [-0.2, -0.15) is 5.26 Å². The zero-order valence-corrected chi connectivity index (χ0v) is 17.7. The Labute approximate surface area is 178 Å². The van der Waals surface area contributed by atoms with E-state index >= 15 is 0 Å². The van der Waals surface area contributed by atoms with Gasteiger partial charge in [0.05, 0.1) is 0 Å². The molecule has 1 aliphatic carbocycles. The molecular formula is C23H30N4O3. The topological polar surface area (TPSA) is 69.0 Å². The predicted molar refractivity (Wildman–Crippen MR) is 113 cm³/mol. The molecule has 7 nitrogen and oxygen atoms in total. The minimum Gasteiger partial charge on any atom is -0.454 e. The molecule has 1 saturated heterocycles. The normalized spacial score (nSPS) is 20.1. The Bertz CT molecular complexity index is 833. The Morgan fingerprint density at radius 1 is 1.17 bits per heavy atom. The van der Waals surface area contributed by atoms with Gasteiger partial charge in [0.2, 0.25) is 6.79 Å². The minimum absolute atomic E-state index is 0.146. The van der Waals surface area contributed by atoms with Gasteiger partial charge < -0.3 is 19.3 Å². The van der Waals surface area contributed by atoms with Gasteiger partial charge in [-0.15, -0.1) is 0 Å². The van der Waals surface area contributed by atoms with Crippen LogP contribution in [0.1, 0.15) is 37.7 Å². The van der Waals surface area contributed by atoms with E-state index in [0.717, 1.165) is 57.1 Å². The van der Waals surface area contributed by atoms with Gasteiger partial charge in [0.1, 0.15) is 11.6 Å². The minimum atomic E-state index is -0.146. The first kappa shape index (κ1) is 20.5. The standard InChI is InChI=1S/C23H30N4O3/c1-25(20-5-3-2-4-6-20)23(28)19(14-24)16-27-11-9-26(10-12-27)15-18-7-8-21-22(13-18)30-17-29-21/h7-8,13,16,20H,2-6,9-12,15,17H2,1H3/b19-16-. The fourth-order valence-electron chi connectivity index (χ4n) is 4.49. The van der Waals surface area contributed by atoms with Crippen LogP contribution in [0.25, 0.3) is 0 Å². The van der Waals surface area contributed by atoms with Gasteiger partial charge in [-0.05, 0) is 30.5 Å². The van der Waals surface area contributed by atoms with Crippen LogP contribution in [0, 0.1) is 11.3 Å². The molecule has 4 rings (SSSR count). The Balaban J connectivity index is 1.30. The second kappa shape index (κ2) is 9.40. The number of hydrogen-bond donors (Lipinski definition) is 0. The first-order chi connectivity index (χ1) is 14.6. The van der Waals surface area contributed by atoms with Crippen LogP contribution in [-0.2, 0) is 11.3 Å². The number of fused-ring (bicyclic) bond motifs is 1. The predicted octanol–water partition coefficient (Wildman–Crippen LogP) is 2.73. The highest BCUT2D eigenvalue weighted by molar-refractivity contribution is 5.97. The summed E-state index contributed by atoms with van der Waals surface area (Å²) in [6, 6.07) is 8.48. The highest BCUT2D eigenvalue weighted by Gasteiger charge is 2.25. The summed E-state index contributed by atoms with van der Waals surface area (Å²) in [7, 11) is 1.84. The fraction of sp³-hybridized carbons (Fsp3) is 0.565. The van der Waals surface area contributed by atoms with Gasteiger partial charge in [-0.1, -0.05) is 25.3 Å². The van der Waals surface area contributed by atoms with Crippen molar-refractivity contribution in [3.8, 4) is 17.6 Å². The summed E-state index contributed by atoms with van der Waals surface area (Å²) in [4.78, 5) is 19.1. The number of benzene rings is 1. The maximum absolute atomic E-state index is 12.8. The molecule has 0 N–H and O–H groups in total. The van der Waals surface area contributed by atoms with E-state index in [1.165, 1.54) is 24.8 Å². The van der Waals surface area contributed by atoms with E-state index in [2.05, 4.69) is 21.9 Å². The van der Waals surface area contributed by atoms with Crippen LogP contribution < -0.4 is 9.47 Å². The number of nitriles is 1. The molecule has 1 aromatic carbocycles. The van der Waals surface area contributed by atoms with Crippen LogP contribution >= 0.6 is 0 Å². The van der Waals surface area contributed by atoms with Crippen LogP contribution in [0.15, 0.2) is 30.0 Å². The van der Waals surface area contributed by atoms with Crippen LogP contribution in [0.2, 0.25) is 0 Å². The number of ether oxygens (including phenoxy) is 2. The SMILES string of the molecule is CN(C(=O)/C(C#N)=C\N1CCN(Cc2ccc3c(c2)OCO3)CC1)C1CCCCC1. The average Bonchev–Trinajstić information content (AvgIpc) is 3.26. The summed E-state index contributed by atoms with van der Waals surface area (Å²) in [5.41, 5.74) is 1.44. The van der Waals surface area contributed by atoms with Gasteiger partial charge in [0.15, 0.2) is 11.5 Å². The largest absolute Gasteiger partial charge is 0.454 e. The van der Waals surface area contributed by atoms with Gasteiger partial charge in [0, 0.05) is 52.0 Å². The highest BCUT2D eigenvalue weighted by atomic mass is 16.7. The number of carbonyl (C=O) groups excluding carboxylic acids is 1. The molecule has 1 aromatic rings. The van der Waals surface area contributed by atoms with Crippen molar-refractivity contribution >= 4 is 5.91 Å². The van der Waals surface area contributed by atoms with Gasteiger partial charge in [0.25, 0.3) is 5.91 Å². The number of rotatable bonds is 5. The average molecular weight is 411 g/mol. The summed E-state index contributed by atoms with van der Waals surface area (Å²) >= 11 is 0. The molecule has 0 spiro atoms. The Morgan fingerprint density at radius 2 is 1.90 bits per heavy atom. The molecule has 3 aliphatic rings. The van der Waals surface area contributed by atoms with Crippen molar-refractivity contribution < 1.29 is 14.3 Å². The first-order valence-corrected chi connectivity index (χ1v) is 10.9. The molecule has 0 unspecified atom stereocenters. The van der Waals surface area contributed by atoms with E-state index in [1.807, 2.05) is 19.2 Å². The molecular weight excluding hydrogens is 380 g/mol. The number of likely N-dealkylation sites (N-methyl/N-ethyl adjacent to an activating group) is 1. The maximum atomic E-state index is 12.8. The van der Waals surface area contributed by atoms with Crippen LogP contribution in [-0.4, -0.2) is 66.7 Å². The van der Waals surface area contributed by atoms with E-state index in [-0.39, 0.29) is 17.5 Å². The molecule has 2 aliphatic heterocycles. The summed E-state index contributed by atoms with van der Waals surface area (Å²) < 4.78 is 10.8. The molecule has 160 valence electrons. The van der Waals surface area contributed by atoms with Crippen molar-refractivity contribution in [2.24, 2.45) is 0 Å². The third-order valence-corrected chi connectivity index (χ3v) is 6.36. The van der Waals surface area contributed by atoms with Crippen molar-refractivity contribution in [3.05, 3.63) is 35.5 Å². The van der Waals surface area contributed by atoms with Crippen molar-refractivity contribution in [2.75, 3.05) is 40.0 Å². The van der Waals surface area contributed by atoms with Gasteiger partial charge in [-0.3, -0.25) is 9.69 Å². The highest BCUT2D eigenvalue weighted by Crippen LogP contribution is 2.33. The smallest absolute Gasteiger partial charge is 0.265 e. The molecule has 7 heteroatoms. The lowest BCUT2D eigenvalue weighted by atomic mass is 9.94. The summed E-state index contributed by atoms with van der Waals surface area (Å²) in [6.07, 6.45) is 7.42. The number of nitrogens with zero attached hydrogens (tertiary/aromatic N) is 4. The van der Waals surface area contributed by atoms with Gasteiger partial charge in [-0.25, -0.2) is 0 Å². The number of piperazine rings is 1. The van der Waals surface area contributed by atoms with E-state index in [9.17, 15) is 10.1 Å². The summed E-state index contributed by atoms with van der Waals surface area (Å²) in [6.45, 7) is 4.52. The van der Waals surface area contributed by atoms with Gasteiger partial charge >= 0.3 is 0 Å². The van der Waals surface area contributed by atoms with Crippen LogP contribution in [0.5, 0.6) is 11.5 Å². The van der Waals surface area contributed by atoms with Crippen molar-refractivity contribution in [1.82, 2.24) is 14.7 Å². The van der Waals surface area contributed by atoms with E-state index in [1.54, 1.807) is 11.1 Å². The molecule has 2 fully saturated rings. The van der Waals surface area contributed by atoms with E-state index in [0.29, 0.717) is 6.79 Å². The molecule has 30 heavy (non-hydrogen) atoms. The lowest BCUT2D eigenvalue weighted by Gasteiger charge is -2.35. The van der Waals surface area contributed by atoms with Crippen LogP contribution in [0.4, 0.5) is 0 Å². The quantitative estimate of drug-likeness (QED) is 0.549. The molecule has 1 amide bonds. The lowest BCUT2D eigenvalue weighted by molar-refractivity contribution is -0.128. The Morgan fingerprint density at radius 3 is 2.63 bits per heavy atom. The van der Waals surface area contributed by atoms with Crippen molar-refractivity contribution in [2.45, 2.75) is 44.7 Å². The van der Waals surface area contributed by atoms with E-state index < -0.39 is 0 Å². The molecule has 2 heterocycles. The second-order valence-electron chi connectivity index (χ2n) is 8.36. The lowest BCUT2D eigenvalue weighted by Crippen LogP contribution is -2.44. The second-order valence-corrected chi connectivity index (χ2v) is 8.36. The number of amides is 1. The molecule has 1 saturated carbocycles. The summed E-state index contributed by atoms with van der Waals surface area (Å²) in [5, 5.41) is 9.57. The molecule has 0 bridgehead atoms. The number of carbonyl (C=O) groups is 1. The fourth-order valence-corrected chi connectivity index (χ4v) is 4.49. The third kappa shape index (κ3) is 4.71.